The number of thiophene rings is 1. The van der Waals surface area contributed by atoms with Gasteiger partial charge in [0.15, 0.2) is 5.82 Å². The maximum atomic E-state index is 5.02. The highest BCUT2D eigenvalue weighted by Crippen LogP contribution is 2.41. The predicted molar refractivity (Wildman–Crippen MR) is 118 cm³/mol. The second-order valence-corrected chi connectivity index (χ2v) is 8.91. The molecule has 4 heterocycles. The van der Waals surface area contributed by atoms with Crippen molar-refractivity contribution in [3.05, 3.63) is 65.1 Å². The Morgan fingerprint density at radius 3 is 2.86 bits per heavy atom. The number of nitrogens with zero attached hydrogens (tertiary/aromatic N) is 5. The number of fused-ring (bicyclic) bond motifs is 3. The van der Waals surface area contributed by atoms with Gasteiger partial charge in [-0.1, -0.05) is 13.0 Å². The summed E-state index contributed by atoms with van der Waals surface area (Å²) in [7, 11) is 2.10. The van der Waals surface area contributed by atoms with Crippen LogP contribution >= 0.6 is 11.3 Å². The van der Waals surface area contributed by atoms with E-state index in [4.69, 9.17) is 9.97 Å². The second kappa shape index (κ2) is 7.52. The standard InChI is InChI=1S/C23H23N5S/c1-15-8-9-18-19(12-15)29-23-20(18)22(28(2)14-17-7-3-4-11-25-17)26-21(27-23)16-6-5-10-24-13-16/h3-7,10-11,13,15H,8-9,12,14H2,1-2H3/t15-/m1/s1. The van der Waals surface area contributed by atoms with Crippen LogP contribution in [0, 0.1) is 5.92 Å². The molecule has 1 atom stereocenters. The van der Waals surface area contributed by atoms with Crippen molar-refractivity contribution < 1.29 is 0 Å². The first-order valence-electron chi connectivity index (χ1n) is 10.0. The Hall–Kier alpha value is -2.86. The van der Waals surface area contributed by atoms with Crippen LogP contribution in [0.2, 0.25) is 0 Å². The van der Waals surface area contributed by atoms with Crippen molar-refractivity contribution in [2.45, 2.75) is 32.7 Å². The molecule has 0 N–H and O–H groups in total. The summed E-state index contributed by atoms with van der Waals surface area (Å²) >= 11 is 1.84. The fourth-order valence-electron chi connectivity index (χ4n) is 4.03. The maximum absolute atomic E-state index is 5.02. The minimum absolute atomic E-state index is 0.709. The van der Waals surface area contributed by atoms with Crippen LogP contribution in [0.25, 0.3) is 21.6 Å². The van der Waals surface area contributed by atoms with Gasteiger partial charge in [0.25, 0.3) is 0 Å². The zero-order valence-corrected chi connectivity index (χ0v) is 17.5. The van der Waals surface area contributed by atoms with E-state index in [0.717, 1.165) is 46.5 Å². The third-order valence-corrected chi connectivity index (χ3v) is 6.69. The van der Waals surface area contributed by atoms with Gasteiger partial charge in [-0.05, 0) is 55.0 Å². The average molecular weight is 402 g/mol. The molecule has 0 aliphatic heterocycles. The monoisotopic (exact) mass is 401 g/mol. The number of aryl methyl sites for hydroxylation is 1. The lowest BCUT2D eigenvalue weighted by Gasteiger charge is -2.22. The summed E-state index contributed by atoms with van der Waals surface area (Å²) in [5.74, 6) is 2.46. The van der Waals surface area contributed by atoms with E-state index in [1.807, 2.05) is 48.0 Å². The van der Waals surface area contributed by atoms with E-state index in [1.165, 1.54) is 22.2 Å². The number of hydrogen-bond acceptors (Lipinski definition) is 6. The molecule has 0 saturated carbocycles. The van der Waals surface area contributed by atoms with Crippen molar-refractivity contribution in [2.75, 3.05) is 11.9 Å². The van der Waals surface area contributed by atoms with Gasteiger partial charge in [-0.25, -0.2) is 9.97 Å². The smallest absolute Gasteiger partial charge is 0.164 e. The van der Waals surface area contributed by atoms with Crippen LogP contribution in [0.3, 0.4) is 0 Å². The molecule has 1 aliphatic carbocycles. The first kappa shape index (κ1) is 18.2. The van der Waals surface area contributed by atoms with E-state index in [-0.39, 0.29) is 0 Å². The molecule has 0 fully saturated rings. The van der Waals surface area contributed by atoms with Crippen molar-refractivity contribution in [2.24, 2.45) is 5.92 Å². The summed E-state index contributed by atoms with van der Waals surface area (Å²) in [6, 6.07) is 9.99. The van der Waals surface area contributed by atoms with Gasteiger partial charge in [-0.15, -0.1) is 11.3 Å². The lowest BCUT2D eigenvalue weighted by molar-refractivity contribution is 0.509. The summed E-state index contributed by atoms with van der Waals surface area (Å²) in [6.07, 6.45) is 8.93. The molecule has 4 aromatic heterocycles. The molecule has 0 amide bonds. The highest BCUT2D eigenvalue weighted by molar-refractivity contribution is 7.19. The number of anilines is 1. The lowest BCUT2D eigenvalue weighted by Crippen LogP contribution is -2.20. The average Bonchev–Trinajstić information content (AvgIpc) is 3.11. The van der Waals surface area contributed by atoms with Crippen LogP contribution in [0.15, 0.2) is 48.9 Å². The third kappa shape index (κ3) is 3.49. The fraction of sp³-hybridized carbons (Fsp3) is 0.304. The number of pyridine rings is 2. The molecular formula is C23H23N5S. The lowest BCUT2D eigenvalue weighted by atomic mass is 9.89. The van der Waals surface area contributed by atoms with Crippen molar-refractivity contribution in [3.63, 3.8) is 0 Å². The van der Waals surface area contributed by atoms with Gasteiger partial charge < -0.3 is 4.90 Å². The second-order valence-electron chi connectivity index (χ2n) is 7.82. The molecule has 1 aliphatic rings. The fourth-order valence-corrected chi connectivity index (χ4v) is 5.41. The molecule has 6 heteroatoms. The third-order valence-electron chi connectivity index (χ3n) is 5.54. The summed E-state index contributed by atoms with van der Waals surface area (Å²) in [6.45, 7) is 3.05. The molecule has 0 spiro atoms. The van der Waals surface area contributed by atoms with Crippen molar-refractivity contribution in [3.8, 4) is 11.4 Å². The van der Waals surface area contributed by atoms with Crippen LogP contribution in [-0.2, 0) is 19.4 Å². The number of aromatic nitrogens is 4. The van der Waals surface area contributed by atoms with Gasteiger partial charge in [-0.3, -0.25) is 9.97 Å². The first-order chi connectivity index (χ1) is 14.2. The topological polar surface area (TPSA) is 54.8 Å². The number of rotatable bonds is 4. The van der Waals surface area contributed by atoms with Gasteiger partial charge in [0.05, 0.1) is 17.6 Å². The van der Waals surface area contributed by atoms with Crippen molar-refractivity contribution >= 4 is 27.4 Å². The first-order valence-corrected chi connectivity index (χ1v) is 10.8. The highest BCUT2D eigenvalue weighted by atomic mass is 32.1. The van der Waals surface area contributed by atoms with Crippen LogP contribution in [-0.4, -0.2) is 27.0 Å². The molecule has 5 nitrogen and oxygen atoms in total. The van der Waals surface area contributed by atoms with Gasteiger partial charge in [0.1, 0.15) is 10.6 Å². The summed E-state index contributed by atoms with van der Waals surface area (Å²) in [5, 5.41) is 1.22. The summed E-state index contributed by atoms with van der Waals surface area (Å²) < 4.78 is 0. The largest absolute Gasteiger partial charge is 0.353 e. The molecule has 0 saturated heterocycles. The Bertz CT molecular complexity index is 1140. The van der Waals surface area contributed by atoms with Gasteiger partial charge in [0, 0.05) is 36.1 Å². The van der Waals surface area contributed by atoms with Crippen molar-refractivity contribution in [1.29, 1.82) is 0 Å². The van der Waals surface area contributed by atoms with E-state index >= 15 is 0 Å². The van der Waals surface area contributed by atoms with E-state index in [1.54, 1.807) is 6.20 Å². The Morgan fingerprint density at radius 1 is 1.14 bits per heavy atom. The van der Waals surface area contributed by atoms with E-state index < -0.39 is 0 Å². The normalized spacial score (nSPS) is 16.0. The Kier molecular flexibility index (Phi) is 4.72. The van der Waals surface area contributed by atoms with E-state index in [0.29, 0.717) is 6.54 Å². The van der Waals surface area contributed by atoms with Gasteiger partial charge in [0.2, 0.25) is 0 Å². The summed E-state index contributed by atoms with van der Waals surface area (Å²) in [4.78, 5) is 23.5. The van der Waals surface area contributed by atoms with Crippen LogP contribution in [0.5, 0.6) is 0 Å². The number of hydrogen-bond donors (Lipinski definition) is 0. The van der Waals surface area contributed by atoms with Crippen molar-refractivity contribution in [1.82, 2.24) is 19.9 Å². The van der Waals surface area contributed by atoms with E-state index in [9.17, 15) is 0 Å². The SMILES string of the molecule is C[C@@H]1CCc2c(sc3nc(-c4cccnc4)nc(N(C)Cc4ccccn4)c23)C1. The quantitative estimate of drug-likeness (QED) is 0.486. The molecule has 4 aromatic rings. The maximum Gasteiger partial charge on any atom is 0.164 e. The minimum atomic E-state index is 0.709. The molecule has 5 rings (SSSR count). The Morgan fingerprint density at radius 2 is 2.07 bits per heavy atom. The molecule has 29 heavy (non-hydrogen) atoms. The van der Waals surface area contributed by atoms with Crippen LogP contribution < -0.4 is 4.90 Å². The van der Waals surface area contributed by atoms with Crippen LogP contribution in [0.4, 0.5) is 5.82 Å². The predicted octanol–water partition coefficient (Wildman–Crippen LogP) is 4.91. The molecule has 0 radical (unpaired) electrons. The van der Waals surface area contributed by atoms with Gasteiger partial charge in [-0.2, -0.15) is 0 Å². The minimum Gasteiger partial charge on any atom is -0.353 e. The Labute approximate surface area is 174 Å². The zero-order chi connectivity index (χ0) is 19.8. The molecule has 0 bridgehead atoms. The van der Waals surface area contributed by atoms with Crippen LogP contribution in [0.1, 0.15) is 29.5 Å². The highest BCUT2D eigenvalue weighted by Gasteiger charge is 2.25. The summed E-state index contributed by atoms with van der Waals surface area (Å²) in [5.41, 5.74) is 3.42. The van der Waals surface area contributed by atoms with Gasteiger partial charge >= 0.3 is 0 Å². The molecule has 0 unspecified atom stereocenters. The molecular weight excluding hydrogens is 378 g/mol. The van der Waals surface area contributed by atoms with E-state index in [2.05, 4.69) is 34.9 Å². The Balaban J connectivity index is 1.66. The molecule has 0 aromatic carbocycles. The molecule has 146 valence electrons. The zero-order valence-electron chi connectivity index (χ0n) is 16.7.